The van der Waals surface area contributed by atoms with E-state index in [0.29, 0.717) is 0 Å². The number of rotatable bonds is 14. The molecule has 0 atom stereocenters. The summed E-state index contributed by atoms with van der Waals surface area (Å²) in [6.07, 6.45) is 7.31. The van der Waals surface area contributed by atoms with Gasteiger partial charge in [-0.15, -0.1) is 12.3 Å². The van der Waals surface area contributed by atoms with Crippen LogP contribution in [0.3, 0.4) is 0 Å². The van der Waals surface area contributed by atoms with Crippen molar-refractivity contribution in [3.05, 3.63) is 255 Å². The fraction of sp³-hybridized carbons (Fsp3) is 0.0385. The Morgan fingerprint density at radius 3 is 0.593 bits per heavy atom. The first-order valence-corrected chi connectivity index (χ1v) is 28.2. The van der Waals surface area contributed by atoms with Gasteiger partial charge in [0.25, 0.3) is 0 Å². The Morgan fingerprint density at radius 1 is 0.271 bits per heavy atom. The molecule has 8 rings (SSSR count). The Bertz CT molecular complexity index is 1790. The summed E-state index contributed by atoms with van der Waals surface area (Å²) < 4.78 is 0. The van der Waals surface area contributed by atoms with Crippen LogP contribution in [0, 0.1) is 12.3 Å². The first-order chi connectivity index (χ1) is 29.2. The van der Waals surface area contributed by atoms with Crippen molar-refractivity contribution in [3.8, 4) is 0 Å². The molecule has 59 heavy (non-hydrogen) atoms. The molecule has 0 unspecified atom stereocenters. The van der Waals surface area contributed by atoms with Crippen LogP contribution in [-0.4, -0.2) is 12.3 Å². The van der Waals surface area contributed by atoms with Gasteiger partial charge >= 0.3 is 33.3 Å². The van der Waals surface area contributed by atoms with E-state index in [2.05, 4.69) is 255 Å². The maximum atomic E-state index is 4.76. The third-order valence-electron chi connectivity index (χ3n) is 9.30. The molecule has 0 saturated carbocycles. The molecule has 0 aliphatic rings. The van der Waals surface area contributed by atoms with Crippen molar-refractivity contribution in [1.82, 2.24) is 0 Å². The van der Waals surface area contributed by atoms with Crippen molar-refractivity contribution in [2.75, 3.05) is 12.3 Å². The van der Waals surface area contributed by atoms with Crippen LogP contribution in [0.2, 0.25) is 0 Å². The van der Waals surface area contributed by atoms with E-state index >= 15 is 0 Å². The monoisotopic (exact) mass is 920 g/mol. The molecule has 0 N–H and O–H groups in total. The zero-order chi connectivity index (χ0) is 40.7. The third-order valence-corrected chi connectivity index (χ3v) is 19.2. The standard InChI is InChI=1S/2C26H23P2.2ClH.Fe/c2*1-5-13-23(14-6-1)27(24-15-7-2-8-16-24)21-22-28(25-17-9-3-10-18-25)26-19-11-4-12-20-26;;;/h2*1-21H,22H2;2*1H;/q2*-1;;;+2/p-2. The van der Waals surface area contributed by atoms with Gasteiger partial charge in [-0.1, -0.05) is 280 Å². The zero-order valence-corrected chi connectivity index (χ0v) is 38.8. The molecule has 0 aliphatic carbocycles. The van der Waals surface area contributed by atoms with Gasteiger partial charge < -0.3 is 0 Å². The SMILES string of the molecule is [Cl][Fe][Cl].c1ccc(P([CH-]CP(c2ccccc2)c2ccccc2)c2ccccc2)cc1.c1ccc(P([CH-]CP(c2ccccc2)c2ccccc2)c2ccccc2)cc1. The number of halogens is 2. The number of hydrogen-bond acceptors (Lipinski definition) is 0. The third kappa shape index (κ3) is 14.3. The summed E-state index contributed by atoms with van der Waals surface area (Å²) in [5.74, 6) is 0. The van der Waals surface area contributed by atoms with Crippen LogP contribution in [-0.2, 0) is 13.1 Å². The van der Waals surface area contributed by atoms with Gasteiger partial charge in [0, 0.05) is 0 Å². The molecule has 0 amide bonds. The molecule has 7 heteroatoms. The van der Waals surface area contributed by atoms with E-state index in [0.717, 1.165) is 12.3 Å². The molecular formula is C52H46Cl2FeP4-2. The predicted octanol–water partition coefficient (Wildman–Crippen LogP) is 12.2. The number of hydrogen-bond donors (Lipinski definition) is 0. The van der Waals surface area contributed by atoms with E-state index in [-0.39, 0.29) is 13.1 Å². The van der Waals surface area contributed by atoms with E-state index in [1.54, 1.807) is 0 Å². The largest absolute Gasteiger partial charge is 0.289 e. The van der Waals surface area contributed by atoms with Crippen LogP contribution < -0.4 is 42.4 Å². The van der Waals surface area contributed by atoms with Crippen LogP contribution in [0.1, 0.15) is 0 Å². The average Bonchev–Trinajstić information content (AvgIpc) is 3.32. The quantitative estimate of drug-likeness (QED) is 0.0579. The van der Waals surface area contributed by atoms with Crippen LogP contribution in [0.25, 0.3) is 0 Å². The molecule has 298 valence electrons. The predicted molar refractivity (Wildman–Crippen MR) is 266 cm³/mol. The fourth-order valence-electron chi connectivity index (χ4n) is 6.55. The molecule has 0 nitrogen and oxygen atoms in total. The zero-order valence-electron chi connectivity index (χ0n) is 32.6. The Labute approximate surface area is 372 Å². The van der Waals surface area contributed by atoms with Gasteiger partial charge in [-0.2, -0.15) is 0 Å². The van der Waals surface area contributed by atoms with E-state index in [9.17, 15) is 0 Å². The first kappa shape index (κ1) is 45.1. The van der Waals surface area contributed by atoms with Crippen LogP contribution in [0.5, 0.6) is 0 Å². The van der Waals surface area contributed by atoms with Crippen molar-refractivity contribution in [1.29, 1.82) is 0 Å². The van der Waals surface area contributed by atoms with E-state index in [4.69, 9.17) is 20.2 Å². The second-order valence-electron chi connectivity index (χ2n) is 13.1. The molecule has 0 radical (unpaired) electrons. The number of benzene rings is 8. The molecular weight excluding hydrogens is 875 g/mol. The van der Waals surface area contributed by atoms with Crippen LogP contribution >= 0.6 is 51.9 Å². The molecule has 0 spiro atoms. The summed E-state index contributed by atoms with van der Waals surface area (Å²) in [6.45, 7) is 0. The Kier molecular flexibility index (Phi) is 19.9. The maximum absolute atomic E-state index is 4.76. The minimum absolute atomic E-state index is 0.194. The summed E-state index contributed by atoms with van der Waals surface area (Å²) in [5.41, 5.74) is 0. The summed E-state index contributed by atoms with van der Waals surface area (Å²) in [4.78, 5) is 0. The fourth-order valence-corrected chi connectivity index (χ4v) is 16.1. The van der Waals surface area contributed by atoms with Crippen molar-refractivity contribution in [3.63, 3.8) is 0 Å². The molecule has 0 fully saturated rings. The summed E-state index contributed by atoms with van der Waals surface area (Å²) >= 11 is 0.194. The second-order valence-corrected chi connectivity index (χ2v) is 23.7. The Morgan fingerprint density at radius 2 is 0.424 bits per heavy atom. The van der Waals surface area contributed by atoms with Crippen molar-refractivity contribution < 1.29 is 13.1 Å². The first-order valence-electron chi connectivity index (χ1n) is 19.3. The molecule has 0 heterocycles. The second kappa shape index (κ2) is 26.0. The molecule has 8 aromatic rings. The molecule has 8 aromatic carbocycles. The smallest absolute Gasteiger partial charge is 0.0220 e. The minimum atomic E-state index is -0.473. The van der Waals surface area contributed by atoms with Gasteiger partial charge in [-0.05, 0) is 21.2 Å². The topological polar surface area (TPSA) is 0 Å². The summed E-state index contributed by atoms with van der Waals surface area (Å²) in [6, 6.07) is 87.6. The molecule has 0 aliphatic heterocycles. The van der Waals surface area contributed by atoms with Crippen molar-refractivity contribution in [2.45, 2.75) is 0 Å². The molecule has 0 aromatic heterocycles. The Balaban J connectivity index is 0.000000186. The normalized spacial score (nSPS) is 10.9. The van der Waals surface area contributed by atoms with Gasteiger partial charge in [0.15, 0.2) is 0 Å². The van der Waals surface area contributed by atoms with Gasteiger partial charge in [-0.3, -0.25) is 12.3 Å². The van der Waals surface area contributed by atoms with Crippen molar-refractivity contribution in [2.24, 2.45) is 0 Å². The van der Waals surface area contributed by atoms with Gasteiger partial charge in [0.2, 0.25) is 0 Å². The average molecular weight is 922 g/mol. The minimum Gasteiger partial charge on any atom is -0.289 e. The van der Waals surface area contributed by atoms with Gasteiger partial charge in [-0.25, -0.2) is 15.8 Å². The van der Waals surface area contributed by atoms with E-state index in [1.165, 1.54) is 42.4 Å². The summed E-state index contributed by atoms with van der Waals surface area (Å²) in [7, 11) is 7.78. The summed E-state index contributed by atoms with van der Waals surface area (Å²) in [5, 5.41) is 11.4. The van der Waals surface area contributed by atoms with E-state index in [1.807, 2.05) is 0 Å². The van der Waals surface area contributed by atoms with Gasteiger partial charge in [0.05, 0.1) is 0 Å². The molecule has 0 bridgehead atoms. The van der Waals surface area contributed by atoms with Crippen LogP contribution in [0.4, 0.5) is 0 Å². The van der Waals surface area contributed by atoms with Gasteiger partial charge in [0.1, 0.15) is 0 Å². The van der Waals surface area contributed by atoms with Crippen molar-refractivity contribution >= 4 is 94.3 Å². The van der Waals surface area contributed by atoms with Crippen LogP contribution in [0.15, 0.2) is 243 Å². The van der Waals surface area contributed by atoms with E-state index < -0.39 is 31.7 Å². The maximum Gasteiger partial charge on any atom is -0.0220 e. The molecule has 0 saturated heterocycles. The Hall–Kier alpha value is -3.42.